The largest absolute Gasteiger partial charge is 0.463 e. The minimum absolute atomic E-state index is 0.0246. The van der Waals surface area contributed by atoms with Crippen LogP contribution in [0, 0.1) is 6.92 Å². The monoisotopic (exact) mass is 339 g/mol. The number of carbonyl (C=O) groups is 3. The van der Waals surface area contributed by atoms with Crippen LogP contribution in [0.4, 0.5) is 4.79 Å². The van der Waals surface area contributed by atoms with Crippen LogP contribution in [0.25, 0.3) is 0 Å². The van der Waals surface area contributed by atoms with Gasteiger partial charge in [0.2, 0.25) is 0 Å². The second-order valence-electron chi connectivity index (χ2n) is 5.86. The number of ether oxygens (including phenoxy) is 2. The average molecular weight is 339 g/mol. The summed E-state index contributed by atoms with van der Waals surface area (Å²) in [6.45, 7) is 7.18. The molecule has 0 bridgehead atoms. The van der Waals surface area contributed by atoms with Gasteiger partial charge in [-0.3, -0.25) is 9.69 Å². The van der Waals surface area contributed by atoms with E-state index in [1.807, 2.05) is 0 Å². The highest BCUT2D eigenvalue weighted by atomic mass is 16.6. The third-order valence-corrected chi connectivity index (χ3v) is 3.51. The summed E-state index contributed by atoms with van der Waals surface area (Å²) in [6, 6.07) is -0.423. The molecule has 0 aromatic carbocycles. The molecule has 1 aromatic heterocycles. The van der Waals surface area contributed by atoms with Crippen molar-refractivity contribution in [3.05, 3.63) is 11.3 Å². The van der Waals surface area contributed by atoms with Crippen LogP contribution in [0.3, 0.4) is 0 Å². The Morgan fingerprint density at radius 3 is 2.67 bits per heavy atom. The average Bonchev–Trinajstić information content (AvgIpc) is 2.95. The van der Waals surface area contributed by atoms with E-state index in [-0.39, 0.29) is 37.2 Å². The minimum atomic E-state index is -0.892. The number of aromatic nitrogens is 1. The quantitative estimate of drug-likeness (QED) is 0.452. The van der Waals surface area contributed by atoms with Gasteiger partial charge in [-0.25, -0.2) is 9.59 Å². The Morgan fingerprint density at radius 1 is 1.38 bits per heavy atom. The zero-order chi connectivity index (χ0) is 17.9. The maximum atomic E-state index is 12.0. The number of hydrogen-bond acceptors (Lipinski definition) is 7. The lowest BCUT2D eigenvalue weighted by atomic mass is 10.1. The van der Waals surface area contributed by atoms with E-state index >= 15 is 0 Å². The number of amides is 3. The standard InChI is InChI=1S/C15H21N3O6/c1-5-22-11(19)10-9(2)17-24-12(10)23-8-6-7-18-13(20)15(3,4)16-14(18)21/h5-8H2,1-4H3,(H,16,21). The number of rotatable bonds is 7. The van der Waals surface area contributed by atoms with Crippen LogP contribution < -0.4 is 10.1 Å². The van der Waals surface area contributed by atoms with E-state index in [9.17, 15) is 14.4 Å². The molecule has 3 amide bonds. The van der Waals surface area contributed by atoms with Gasteiger partial charge in [0, 0.05) is 6.54 Å². The van der Waals surface area contributed by atoms with Gasteiger partial charge in [0.15, 0.2) is 5.56 Å². The molecule has 0 saturated carbocycles. The second-order valence-corrected chi connectivity index (χ2v) is 5.86. The maximum Gasteiger partial charge on any atom is 0.347 e. The van der Waals surface area contributed by atoms with Gasteiger partial charge in [0.25, 0.3) is 5.91 Å². The summed E-state index contributed by atoms with van der Waals surface area (Å²) < 4.78 is 15.3. The first-order valence-corrected chi connectivity index (χ1v) is 7.68. The Hall–Kier alpha value is -2.58. The topological polar surface area (TPSA) is 111 Å². The van der Waals surface area contributed by atoms with Crippen molar-refractivity contribution in [1.82, 2.24) is 15.4 Å². The third kappa shape index (κ3) is 3.50. The van der Waals surface area contributed by atoms with Crippen LogP contribution in [0.1, 0.15) is 43.2 Å². The SMILES string of the molecule is CCOC(=O)c1c(C)noc1OCCCN1C(=O)NC(C)(C)C1=O. The van der Waals surface area contributed by atoms with Gasteiger partial charge in [-0.2, -0.15) is 0 Å². The first-order valence-electron chi connectivity index (χ1n) is 7.68. The van der Waals surface area contributed by atoms with E-state index in [2.05, 4.69) is 10.5 Å². The van der Waals surface area contributed by atoms with Crippen molar-refractivity contribution < 1.29 is 28.4 Å². The van der Waals surface area contributed by atoms with Crippen molar-refractivity contribution in [3.63, 3.8) is 0 Å². The van der Waals surface area contributed by atoms with Gasteiger partial charge in [-0.15, -0.1) is 0 Å². The summed E-state index contributed by atoms with van der Waals surface area (Å²) in [5.41, 5.74) is -0.371. The van der Waals surface area contributed by atoms with Gasteiger partial charge >= 0.3 is 17.9 Å². The Morgan fingerprint density at radius 2 is 2.08 bits per heavy atom. The van der Waals surface area contributed by atoms with E-state index in [1.54, 1.807) is 27.7 Å². The number of urea groups is 1. The van der Waals surface area contributed by atoms with Gasteiger partial charge in [-0.05, 0) is 34.1 Å². The molecule has 2 heterocycles. The van der Waals surface area contributed by atoms with Crippen molar-refractivity contribution in [1.29, 1.82) is 0 Å². The van der Waals surface area contributed by atoms with Crippen molar-refractivity contribution in [2.75, 3.05) is 19.8 Å². The number of nitrogens with zero attached hydrogens (tertiary/aromatic N) is 2. The Bertz CT molecular complexity index is 652. The van der Waals surface area contributed by atoms with E-state index in [4.69, 9.17) is 14.0 Å². The normalized spacial score (nSPS) is 16.2. The van der Waals surface area contributed by atoms with Crippen LogP contribution >= 0.6 is 0 Å². The van der Waals surface area contributed by atoms with Gasteiger partial charge in [-0.1, -0.05) is 5.16 Å². The molecule has 2 rings (SSSR count). The Labute approximate surface area is 139 Å². The Balaban J connectivity index is 1.89. The highest BCUT2D eigenvalue weighted by Crippen LogP contribution is 2.23. The molecule has 0 unspecified atom stereocenters. The number of carbonyl (C=O) groups excluding carboxylic acids is 3. The number of nitrogens with one attached hydrogen (secondary N) is 1. The van der Waals surface area contributed by atoms with Crippen LogP contribution in [-0.2, 0) is 9.53 Å². The molecule has 0 atom stereocenters. The number of aryl methyl sites for hydroxylation is 1. The third-order valence-electron chi connectivity index (χ3n) is 3.51. The van der Waals surface area contributed by atoms with E-state index < -0.39 is 17.5 Å². The minimum Gasteiger partial charge on any atom is -0.463 e. The fourth-order valence-corrected chi connectivity index (χ4v) is 2.29. The molecule has 0 radical (unpaired) electrons. The molecule has 9 nitrogen and oxygen atoms in total. The lowest BCUT2D eigenvalue weighted by Gasteiger charge is -2.15. The van der Waals surface area contributed by atoms with Crippen molar-refractivity contribution in [3.8, 4) is 5.95 Å². The predicted molar refractivity (Wildman–Crippen MR) is 81.6 cm³/mol. The molecule has 132 valence electrons. The molecule has 1 N–H and O–H groups in total. The molecule has 1 aromatic rings. The van der Waals surface area contributed by atoms with Crippen molar-refractivity contribution in [2.24, 2.45) is 0 Å². The van der Waals surface area contributed by atoms with Crippen LogP contribution in [-0.4, -0.2) is 53.3 Å². The number of esters is 1. The predicted octanol–water partition coefficient (Wildman–Crippen LogP) is 1.26. The lowest BCUT2D eigenvalue weighted by molar-refractivity contribution is -0.130. The second kappa shape index (κ2) is 6.90. The van der Waals surface area contributed by atoms with Crippen LogP contribution in [0.2, 0.25) is 0 Å². The molecule has 0 aliphatic carbocycles. The molecule has 1 saturated heterocycles. The highest BCUT2D eigenvalue weighted by Gasteiger charge is 2.43. The number of hydrogen-bond donors (Lipinski definition) is 1. The zero-order valence-corrected chi connectivity index (χ0v) is 14.2. The lowest BCUT2D eigenvalue weighted by Crippen LogP contribution is -2.40. The van der Waals surface area contributed by atoms with Crippen molar-refractivity contribution >= 4 is 17.9 Å². The summed E-state index contributed by atoms with van der Waals surface area (Å²) in [6.07, 6.45) is 0.386. The first-order chi connectivity index (χ1) is 11.3. The van der Waals surface area contributed by atoms with Gasteiger partial charge in [0.05, 0.1) is 18.9 Å². The molecule has 0 spiro atoms. The van der Waals surface area contributed by atoms with E-state index in [0.717, 1.165) is 4.90 Å². The molecule has 1 aliphatic heterocycles. The number of imide groups is 1. The molecule has 1 aliphatic rings. The first kappa shape index (κ1) is 17.8. The van der Waals surface area contributed by atoms with E-state index in [1.165, 1.54) is 0 Å². The molecular formula is C15H21N3O6. The Kier molecular flexibility index (Phi) is 5.10. The van der Waals surface area contributed by atoms with Crippen molar-refractivity contribution in [2.45, 2.75) is 39.7 Å². The smallest absolute Gasteiger partial charge is 0.347 e. The van der Waals surface area contributed by atoms with Gasteiger partial charge in [0.1, 0.15) is 5.54 Å². The summed E-state index contributed by atoms with van der Waals surface area (Å²) >= 11 is 0. The zero-order valence-electron chi connectivity index (χ0n) is 14.2. The molecule has 24 heavy (non-hydrogen) atoms. The molecule has 1 fully saturated rings. The van der Waals surface area contributed by atoms with E-state index in [0.29, 0.717) is 12.1 Å². The fourth-order valence-electron chi connectivity index (χ4n) is 2.29. The highest BCUT2D eigenvalue weighted by molar-refractivity contribution is 6.06. The summed E-state index contributed by atoms with van der Waals surface area (Å²) in [4.78, 5) is 36.8. The van der Waals surface area contributed by atoms with Crippen LogP contribution in [0.15, 0.2) is 4.52 Å². The summed E-state index contributed by atoms with van der Waals surface area (Å²) in [5.74, 6) is -0.874. The summed E-state index contributed by atoms with van der Waals surface area (Å²) in [5, 5.41) is 6.29. The molecular weight excluding hydrogens is 318 g/mol. The summed E-state index contributed by atoms with van der Waals surface area (Å²) in [7, 11) is 0. The maximum absolute atomic E-state index is 12.0. The molecule has 9 heteroatoms. The fraction of sp³-hybridized carbons (Fsp3) is 0.600. The van der Waals surface area contributed by atoms with Gasteiger partial charge < -0.3 is 19.3 Å². The van der Waals surface area contributed by atoms with Crippen LogP contribution in [0.5, 0.6) is 5.95 Å².